The Kier molecular flexibility index (Phi) is 4.10. The fourth-order valence-electron chi connectivity index (χ4n) is 1.97. The predicted molar refractivity (Wildman–Crippen MR) is 62.6 cm³/mol. The van der Waals surface area contributed by atoms with Crippen molar-refractivity contribution in [3.8, 4) is 0 Å². The normalized spacial score (nSPS) is 29.3. The van der Waals surface area contributed by atoms with E-state index in [1.807, 2.05) is 0 Å². The first-order chi connectivity index (χ1) is 8.37. The number of carbonyl (C=O) groups excluding carboxylic acids is 1. The summed E-state index contributed by atoms with van der Waals surface area (Å²) in [5.74, 6) is -0.953. The highest BCUT2D eigenvalue weighted by Crippen LogP contribution is 2.41. The Morgan fingerprint density at radius 1 is 1.37 bits per heavy atom. The van der Waals surface area contributed by atoms with Crippen molar-refractivity contribution in [3.05, 3.63) is 0 Å². The van der Waals surface area contributed by atoms with Gasteiger partial charge in [-0.2, -0.15) is 13.2 Å². The Hall–Kier alpha value is -0.980. The van der Waals surface area contributed by atoms with Gasteiger partial charge >= 0.3 is 12.3 Å². The highest BCUT2D eigenvalue weighted by Gasteiger charge is 2.59. The quantitative estimate of drug-likeness (QED) is 0.743. The molecule has 4 nitrogen and oxygen atoms in total. The fraction of sp³-hybridized carbons (Fsp3) is 0.917. The topological polar surface area (TPSA) is 49.8 Å². The van der Waals surface area contributed by atoms with Gasteiger partial charge in [-0.1, -0.05) is 6.92 Å². The van der Waals surface area contributed by atoms with Crippen LogP contribution in [0.1, 0.15) is 34.1 Å². The van der Waals surface area contributed by atoms with Gasteiger partial charge in [0.05, 0.1) is 6.54 Å². The number of halogens is 3. The zero-order valence-electron chi connectivity index (χ0n) is 11.5. The summed E-state index contributed by atoms with van der Waals surface area (Å²) >= 11 is 0. The molecule has 0 aromatic rings. The number of hydrogen-bond donors (Lipinski definition) is 1. The summed E-state index contributed by atoms with van der Waals surface area (Å²) in [6, 6.07) is 0. The Labute approximate surface area is 110 Å². The van der Waals surface area contributed by atoms with Crippen molar-refractivity contribution in [2.75, 3.05) is 13.1 Å². The van der Waals surface area contributed by atoms with E-state index in [4.69, 9.17) is 4.74 Å². The van der Waals surface area contributed by atoms with Crippen LogP contribution in [0.4, 0.5) is 18.0 Å². The molecule has 0 aromatic heterocycles. The van der Waals surface area contributed by atoms with E-state index < -0.39 is 35.9 Å². The molecule has 19 heavy (non-hydrogen) atoms. The fourth-order valence-corrected chi connectivity index (χ4v) is 1.97. The van der Waals surface area contributed by atoms with Crippen LogP contribution in [0.5, 0.6) is 0 Å². The highest BCUT2D eigenvalue weighted by molar-refractivity contribution is 5.68. The SMILES string of the molecule is C[C@@H]1CCN(C(=O)OC(C)(C)C)C[C@@]1(O)C(F)(F)F. The van der Waals surface area contributed by atoms with Gasteiger partial charge in [0, 0.05) is 6.54 Å². The molecule has 1 rings (SSSR count). The van der Waals surface area contributed by atoms with Crippen molar-refractivity contribution < 1.29 is 27.8 Å². The summed E-state index contributed by atoms with van der Waals surface area (Å²) in [6.45, 7) is 5.59. The molecule has 0 radical (unpaired) electrons. The van der Waals surface area contributed by atoms with E-state index in [9.17, 15) is 23.1 Å². The molecule has 1 aliphatic heterocycles. The van der Waals surface area contributed by atoms with Gasteiger partial charge in [-0.3, -0.25) is 0 Å². The maximum Gasteiger partial charge on any atom is 0.419 e. The summed E-state index contributed by atoms with van der Waals surface area (Å²) in [5.41, 5.74) is -3.65. The van der Waals surface area contributed by atoms with E-state index in [1.165, 1.54) is 6.92 Å². The monoisotopic (exact) mass is 283 g/mol. The van der Waals surface area contributed by atoms with E-state index in [0.717, 1.165) is 4.90 Å². The van der Waals surface area contributed by atoms with Crippen LogP contribution in [0.3, 0.4) is 0 Å². The minimum atomic E-state index is -4.77. The molecule has 7 heteroatoms. The lowest BCUT2D eigenvalue weighted by atomic mass is 9.82. The number of ether oxygens (including phenoxy) is 1. The lowest BCUT2D eigenvalue weighted by Gasteiger charge is -2.44. The summed E-state index contributed by atoms with van der Waals surface area (Å²) in [7, 11) is 0. The molecule has 1 fully saturated rings. The molecule has 0 aromatic carbocycles. The third-order valence-electron chi connectivity index (χ3n) is 3.22. The third kappa shape index (κ3) is 3.52. The van der Waals surface area contributed by atoms with Gasteiger partial charge in [0.1, 0.15) is 5.60 Å². The minimum Gasteiger partial charge on any atom is -0.444 e. The van der Waals surface area contributed by atoms with Crippen LogP contribution < -0.4 is 0 Å². The number of carbonyl (C=O) groups is 1. The number of β-amino-alcohol motifs (C(OH)–C–C–N with tert-alkyl or cyclic N) is 1. The first kappa shape index (κ1) is 16.1. The van der Waals surface area contributed by atoms with Crippen LogP contribution in [0.2, 0.25) is 0 Å². The van der Waals surface area contributed by atoms with Crippen LogP contribution in [-0.2, 0) is 4.74 Å². The molecule has 112 valence electrons. The second-order valence-electron chi connectivity index (χ2n) is 6.01. The van der Waals surface area contributed by atoms with Crippen LogP contribution in [0.15, 0.2) is 0 Å². The van der Waals surface area contributed by atoms with E-state index in [0.29, 0.717) is 0 Å². The number of likely N-dealkylation sites (tertiary alicyclic amines) is 1. The molecule has 0 spiro atoms. The van der Waals surface area contributed by atoms with Crippen molar-refractivity contribution in [2.45, 2.75) is 51.5 Å². The lowest BCUT2D eigenvalue weighted by molar-refractivity contribution is -0.288. The van der Waals surface area contributed by atoms with Crippen LogP contribution in [0, 0.1) is 5.92 Å². The molecular weight excluding hydrogens is 263 g/mol. The smallest absolute Gasteiger partial charge is 0.419 e. The number of amides is 1. The van der Waals surface area contributed by atoms with Gasteiger partial charge in [0.25, 0.3) is 0 Å². The summed E-state index contributed by atoms with van der Waals surface area (Å²) in [6.07, 6.45) is -5.52. The third-order valence-corrected chi connectivity index (χ3v) is 3.22. The van der Waals surface area contributed by atoms with Crippen LogP contribution in [-0.4, -0.2) is 46.6 Å². The maximum atomic E-state index is 12.9. The summed E-state index contributed by atoms with van der Waals surface area (Å²) in [5, 5.41) is 9.82. The number of nitrogens with zero attached hydrogens (tertiary/aromatic N) is 1. The van der Waals surface area contributed by atoms with Gasteiger partial charge in [0.2, 0.25) is 0 Å². The molecule has 1 heterocycles. The van der Waals surface area contributed by atoms with Crippen LogP contribution in [0.25, 0.3) is 0 Å². The molecule has 1 saturated heterocycles. The largest absolute Gasteiger partial charge is 0.444 e. The predicted octanol–water partition coefficient (Wildman–Crippen LogP) is 2.56. The molecular formula is C12H20F3NO3. The lowest BCUT2D eigenvalue weighted by Crippen LogP contribution is -2.62. The number of aliphatic hydroxyl groups is 1. The van der Waals surface area contributed by atoms with E-state index in [2.05, 4.69) is 0 Å². The second-order valence-corrected chi connectivity index (χ2v) is 6.01. The van der Waals surface area contributed by atoms with Gasteiger partial charge in [-0.25, -0.2) is 4.79 Å². The summed E-state index contributed by atoms with van der Waals surface area (Å²) in [4.78, 5) is 12.7. The first-order valence-corrected chi connectivity index (χ1v) is 6.14. The minimum absolute atomic E-state index is 0.0786. The average molecular weight is 283 g/mol. The molecule has 1 amide bonds. The van der Waals surface area contributed by atoms with Gasteiger partial charge < -0.3 is 14.7 Å². The molecule has 0 saturated carbocycles. The Morgan fingerprint density at radius 2 is 1.89 bits per heavy atom. The maximum absolute atomic E-state index is 12.9. The number of piperidine rings is 1. The first-order valence-electron chi connectivity index (χ1n) is 6.14. The molecule has 0 unspecified atom stereocenters. The standard InChI is InChI=1S/C12H20F3NO3/c1-8-5-6-16(9(17)19-10(2,3)4)7-11(8,18)12(13,14)15/h8,18H,5-7H2,1-4H3/t8-,11+/m1/s1. The van der Waals surface area contributed by atoms with Crippen molar-refractivity contribution >= 4 is 6.09 Å². The molecule has 2 atom stereocenters. The Balaban J connectivity index is 2.84. The highest BCUT2D eigenvalue weighted by atomic mass is 19.4. The second kappa shape index (κ2) is 4.85. The van der Waals surface area contributed by atoms with E-state index in [-0.39, 0.29) is 13.0 Å². The van der Waals surface area contributed by atoms with Crippen LogP contribution >= 0.6 is 0 Å². The zero-order chi connectivity index (χ0) is 15.1. The molecule has 0 bridgehead atoms. The van der Waals surface area contributed by atoms with E-state index >= 15 is 0 Å². The summed E-state index contributed by atoms with van der Waals surface area (Å²) < 4.78 is 43.8. The molecule has 1 N–H and O–H groups in total. The number of alkyl halides is 3. The van der Waals surface area contributed by atoms with Gasteiger partial charge in [-0.05, 0) is 33.1 Å². The Morgan fingerprint density at radius 3 is 2.32 bits per heavy atom. The Bertz CT molecular complexity index is 351. The molecule has 0 aliphatic carbocycles. The average Bonchev–Trinajstić information content (AvgIpc) is 2.17. The van der Waals surface area contributed by atoms with Crippen molar-refractivity contribution in [1.82, 2.24) is 4.90 Å². The number of rotatable bonds is 0. The van der Waals surface area contributed by atoms with Crippen molar-refractivity contribution in [2.24, 2.45) is 5.92 Å². The van der Waals surface area contributed by atoms with Gasteiger partial charge in [0.15, 0.2) is 5.60 Å². The van der Waals surface area contributed by atoms with Crippen molar-refractivity contribution in [3.63, 3.8) is 0 Å². The number of hydrogen-bond acceptors (Lipinski definition) is 3. The van der Waals surface area contributed by atoms with Crippen molar-refractivity contribution in [1.29, 1.82) is 0 Å². The van der Waals surface area contributed by atoms with Gasteiger partial charge in [-0.15, -0.1) is 0 Å². The van der Waals surface area contributed by atoms with E-state index in [1.54, 1.807) is 20.8 Å². The zero-order valence-corrected chi connectivity index (χ0v) is 11.5. The molecule has 1 aliphatic rings.